The lowest BCUT2D eigenvalue weighted by molar-refractivity contribution is -0.135. The predicted molar refractivity (Wildman–Crippen MR) is 63.4 cm³/mol. The first-order valence-corrected chi connectivity index (χ1v) is 5.94. The fourth-order valence-electron chi connectivity index (χ4n) is 2.49. The summed E-state index contributed by atoms with van der Waals surface area (Å²) in [6.07, 6.45) is 1.07. The Kier molecular flexibility index (Phi) is 3.04. The van der Waals surface area contributed by atoms with Crippen LogP contribution in [0.1, 0.15) is 37.3 Å². The van der Waals surface area contributed by atoms with Gasteiger partial charge in [0.05, 0.1) is 5.41 Å². The smallest absolute Gasteiger partial charge is 0.171 e. The maximum absolute atomic E-state index is 13.6. The van der Waals surface area contributed by atoms with Crippen LogP contribution in [-0.4, -0.2) is 17.0 Å². The molecule has 0 bridgehead atoms. The summed E-state index contributed by atoms with van der Waals surface area (Å²) >= 11 is 0. The Morgan fingerprint density at radius 2 is 2.18 bits per heavy atom. The highest BCUT2D eigenvalue weighted by Crippen LogP contribution is 2.36. The van der Waals surface area contributed by atoms with Crippen LogP contribution < -0.4 is 0 Å². The number of carbonyl (C=O) groups is 1. The standard InChI is InChI=1S/C14H17FO2/c1-9-5-6-10(8-11(9)15)14(2)7-3-4-12(16)13(14)17/h5-6,8,12,16H,3-4,7H2,1-2H3. The zero-order chi connectivity index (χ0) is 12.6. The van der Waals surface area contributed by atoms with Gasteiger partial charge in [0.2, 0.25) is 0 Å². The van der Waals surface area contributed by atoms with Gasteiger partial charge < -0.3 is 5.11 Å². The first kappa shape index (κ1) is 12.2. The first-order chi connectivity index (χ1) is 7.95. The molecule has 92 valence electrons. The van der Waals surface area contributed by atoms with Crippen molar-refractivity contribution in [1.82, 2.24) is 0 Å². The van der Waals surface area contributed by atoms with Gasteiger partial charge in [-0.25, -0.2) is 4.39 Å². The van der Waals surface area contributed by atoms with Crippen LogP contribution in [0.15, 0.2) is 18.2 Å². The average Bonchev–Trinajstić information content (AvgIpc) is 2.29. The summed E-state index contributed by atoms with van der Waals surface area (Å²) in [4.78, 5) is 12.1. The van der Waals surface area contributed by atoms with Crippen LogP contribution in [0.4, 0.5) is 4.39 Å². The molecule has 2 rings (SSSR count). The minimum absolute atomic E-state index is 0.188. The van der Waals surface area contributed by atoms with Gasteiger partial charge in [-0.3, -0.25) is 4.79 Å². The predicted octanol–water partition coefficient (Wildman–Crippen LogP) is 2.51. The Hall–Kier alpha value is -1.22. The van der Waals surface area contributed by atoms with Crippen LogP contribution in [-0.2, 0) is 10.2 Å². The number of carbonyl (C=O) groups excluding carboxylic acids is 1. The summed E-state index contributed by atoms with van der Waals surface area (Å²) in [7, 11) is 0. The number of benzene rings is 1. The fourth-order valence-corrected chi connectivity index (χ4v) is 2.49. The Bertz CT molecular complexity index is 456. The topological polar surface area (TPSA) is 37.3 Å². The van der Waals surface area contributed by atoms with Crippen LogP contribution in [0.2, 0.25) is 0 Å². The molecule has 1 fully saturated rings. The number of rotatable bonds is 1. The second-order valence-corrected chi connectivity index (χ2v) is 5.07. The maximum Gasteiger partial charge on any atom is 0.171 e. The molecule has 17 heavy (non-hydrogen) atoms. The van der Waals surface area contributed by atoms with Gasteiger partial charge in [-0.2, -0.15) is 0 Å². The SMILES string of the molecule is Cc1ccc(C2(C)CCCC(O)C2=O)cc1F. The van der Waals surface area contributed by atoms with E-state index in [2.05, 4.69) is 0 Å². The minimum Gasteiger partial charge on any atom is -0.385 e. The van der Waals surface area contributed by atoms with Gasteiger partial charge in [0.25, 0.3) is 0 Å². The lowest BCUT2D eigenvalue weighted by atomic mass is 9.69. The minimum atomic E-state index is -0.905. The third kappa shape index (κ3) is 2.00. The van der Waals surface area contributed by atoms with Gasteiger partial charge in [0.1, 0.15) is 11.9 Å². The molecule has 2 atom stereocenters. The molecule has 0 radical (unpaired) electrons. The normalized spacial score (nSPS) is 29.4. The first-order valence-electron chi connectivity index (χ1n) is 5.94. The summed E-state index contributed by atoms with van der Waals surface area (Å²) in [5, 5.41) is 9.66. The highest BCUT2D eigenvalue weighted by atomic mass is 19.1. The van der Waals surface area contributed by atoms with E-state index in [1.54, 1.807) is 26.0 Å². The molecule has 1 aromatic carbocycles. The van der Waals surface area contributed by atoms with E-state index in [1.807, 2.05) is 0 Å². The van der Waals surface area contributed by atoms with Gasteiger partial charge in [-0.15, -0.1) is 0 Å². The van der Waals surface area contributed by atoms with Crippen molar-refractivity contribution in [2.45, 2.75) is 44.6 Å². The van der Waals surface area contributed by atoms with Crippen molar-refractivity contribution in [3.05, 3.63) is 35.1 Å². The second kappa shape index (κ2) is 4.22. The number of halogens is 1. The van der Waals surface area contributed by atoms with E-state index in [1.165, 1.54) is 6.07 Å². The monoisotopic (exact) mass is 236 g/mol. The Morgan fingerprint density at radius 3 is 2.82 bits per heavy atom. The zero-order valence-electron chi connectivity index (χ0n) is 10.2. The summed E-state index contributed by atoms with van der Waals surface area (Å²) < 4.78 is 13.6. The molecule has 1 saturated carbocycles. The molecule has 0 aliphatic heterocycles. The van der Waals surface area contributed by atoms with E-state index < -0.39 is 11.5 Å². The molecule has 1 aliphatic rings. The van der Waals surface area contributed by atoms with Crippen molar-refractivity contribution >= 4 is 5.78 Å². The third-order valence-corrected chi connectivity index (χ3v) is 3.81. The lowest BCUT2D eigenvalue weighted by Crippen LogP contribution is -2.44. The molecule has 1 N–H and O–H groups in total. The van der Waals surface area contributed by atoms with Crippen LogP contribution >= 0.6 is 0 Å². The Labute approximate surface area is 100 Å². The van der Waals surface area contributed by atoms with Crippen molar-refractivity contribution in [1.29, 1.82) is 0 Å². The largest absolute Gasteiger partial charge is 0.385 e. The van der Waals surface area contributed by atoms with Gasteiger partial charge in [0.15, 0.2) is 5.78 Å². The van der Waals surface area contributed by atoms with E-state index >= 15 is 0 Å². The molecular formula is C14H17FO2. The van der Waals surface area contributed by atoms with E-state index in [0.717, 1.165) is 6.42 Å². The molecule has 0 aromatic heterocycles. The fraction of sp³-hybridized carbons (Fsp3) is 0.500. The Morgan fingerprint density at radius 1 is 1.47 bits per heavy atom. The lowest BCUT2D eigenvalue weighted by Gasteiger charge is -2.35. The van der Waals surface area contributed by atoms with E-state index in [-0.39, 0.29) is 11.6 Å². The van der Waals surface area contributed by atoms with Gasteiger partial charge in [-0.1, -0.05) is 12.1 Å². The highest BCUT2D eigenvalue weighted by molar-refractivity contribution is 5.93. The number of ketones is 1. The average molecular weight is 236 g/mol. The van der Waals surface area contributed by atoms with Crippen LogP contribution in [0.3, 0.4) is 0 Å². The van der Waals surface area contributed by atoms with Crippen molar-refractivity contribution < 1.29 is 14.3 Å². The van der Waals surface area contributed by atoms with E-state index in [9.17, 15) is 14.3 Å². The molecule has 0 heterocycles. The zero-order valence-corrected chi connectivity index (χ0v) is 10.2. The molecule has 0 amide bonds. The van der Waals surface area contributed by atoms with E-state index in [4.69, 9.17) is 0 Å². The number of aliphatic hydroxyl groups is 1. The maximum atomic E-state index is 13.6. The van der Waals surface area contributed by atoms with Gasteiger partial charge in [0, 0.05) is 0 Å². The number of hydrogen-bond donors (Lipinski definition) is 1. The van der Waals surface area contributed by atoms with Crippen LogP contribution in [0.5, 0.6) is 0 Å². The third-order valence-electron chi connectivity index (χ3n) is 3.81. The molecule has 0 saturated heterocycles. The molecule has 2 unspecified atom stereocenters. The van der Waals surface area contributed by atoms with E-state index in [0.29, 0.717) is 24.0 Å². The molecule has 1 aromatic rings. The second-order valence-electron chi connectivity index (χ2n) is 5.07. The number of aliphatic hydroxyl groups excluding tert-OH is 1. The van der Waals surface area contributed by atoms with Gasteiger partial charge >= 0.3 is 0 Å². The summed E-state index contributed by atoms with van der Waals surface area (Å²) in [6.45, 7) is 3.49. The molecule has 0 spiro atoms. The number of Topliss-reactive ketones (excluding diaryl/α,β-unsaturated/α-hetero) is 1. The summed E-state index contributed by atoms with van der Waals surface area (Å²) in [6, 6.07) is 4.89. The van der Waals surface area contributed by atoms with Crippen LogP contribution in [0.25, 0.3) is 0 Å². The van der Waals surface area contributed by atoms with Crippen molar-refractivity contribution in [2.75, 3.05) is 0 Å². The molecule has 1 aliphatic carbocycles. The summed E-state index contributed by atoms with van der Waals surface area (Å²) in [5.41, 5.74) is 0.497. The quantitative estimate of drug-likeness (QED) is 0.813. The molecule has 3 heteroatoms. The van der Waals surface area contributed by atoms with Gasteiger partial charge in [-0.05, 0) is 50.3 Å². The summed E-state index contributed by atoms with van der Waals surface area (Å²) in [5.74, 6) is -0.483. The van der Waals surface area contributed by atoms with Crippen LogP contribution in [0, 0.1) is 12.7 Å². The number of aryl methyl sites for hydroxylation is 1. The highest BCUT2D eigenvalue weighted by Gasteiger charge is 2.41. The Balaban J connectivity index is 2.43. The van der Waals surface area contributed by atoms with Crippen molar-refractivity contribution in [3.63, 3.8) is 0 Å². The van der Waals surface area contributed by atoms with Crippen molar-refractivity contribution in [2.24, 2.45) is 0 Å². The van der Waals surface area contributed by atoms with Crippen molar-refractivity contribution in [3.8, 4) is 0 Å². The molecule has 2 nitrogen and oxygen atoms in total. The molecular weight excluding hydrogens is 219 g/mol. The number of hydrogen-bond acceptors (Lipinski definition) is 2.